The fraction of sp³-hybridized carbons (Fsp3) is 0.333. The van der Waals surface area contributed by atoms with Crippen LogP contribution >= 0.6 is 0 Å². The predicted molar refractivity (Wildman–Crippen MR) is 115 cm³/mol. The maximum Gasteiger partial charge on any atom is 0.224 e. The molecule has 28 heavy (non-hydrogen) atoms. The Kier molecular flexibility index (Phi) is 7.01. The predicted octanol–water partition coefficient (Wildman–Crippen LogP) is 5.15. The van der Waals surface area contributed by atoms with Crippen molar-refractivity contribution in [2.45, 2.75) is 39.0 Å². The van der Waals surface area contributed by atoms with E-state index in [0.717, 1.165) is 52.7 Å². The van der Waals surface area contributed by atoms with Crippen molar-refractivity contribution in [1.82, 2.24) is 10.3 Å². The Morgan fingerprint density at radius 3 is 2.64 bits per heavy atom. The number of fused-ring (bicyclic) bond motifs is 1. The van der Waals surface area contributed by atoms with Crippen molar-refractivity contribution in [2.75, 3.05) is 13.7 Å². The Hall–Kier alpha value is -2.88. The van der Waals surface area contributed by atoms with Gasteiger partial charge in [-0.1, -0.05) is 56.5 Å². The van der Waals surface area contributed by atoms with E-state index in [0.29, 0.717) is 6.42 Å². The lowest BCUT2D eigenvalue weighted by Crippen LogP contribution is -2.26. The molecule has 4 heteroatoms. The van der Waals surface area contributed by atoms with Gasteiger partial charge in [-0.25, -0.2) is 0 Å². The molecule has 4 nitrogen and oxygen atoms in total. The third-order valence-electron chi connectivity index (χ3n) is 4.92. The molecule has 3 rings (SSSR count). The maximum atomic E-state index is 12.5. The smallest absolute Gasteiger partial charge is 0.224 e. The molecule has 0 spiro atoms. The van der Waals surface area contributed by atoms with Crippen LogP contribution in [0.5, 0.6) is 5.75 Å². The van der Waals surface area contributed by atoms with Gasteiger partial charge in [0.25, 0.3) is 0 Å². The van der Waals surface area contributed by atoms with E-state index in [9.17, 15) is 4.79 Å². The number of amides is 1. The summed E-state index contributed by atoms with van der Waals surface area (Å²) in [5.41, 5.74) is 3.95. The molecule has 1 amide bonds. The molecule has 2 aromatic carbocycles. The standard InChI is InChI=1S/C24H28N2O2/c1-3-4-5-9-14-25-23(27)15-19-17-26-22-13-12-20(28-2)16-21(22)24(19)18-10-7-6-8-11-18/h6-8,10-13,16-17H,3-5,9,14-15H2,1-2H3,(H,25,27). The summed E-state index contributed by atoms with van der Waals surface area (Å²) in [5, 5.41) is 4.05. The van der Waals surface area contributed by atoms with E-state index in [1.165, 1.54) is 12.8 Å². The van der Waals surface area contributed by atoms with Crippen LogP contribution in [0.4, 0.5) is 0 Å². The molecule has 0 aliphatic heterocycles. The van der Waals surface area contributed by atoms with Gasteiger partial charge in [0.2, 0.25) is 5.91 Å². The minimum atomic E-state index is 0.0396. The number of benzene rings is 2. The molecule has 1 aromatic heterocycles. The van der Waals surface area contributed by atoms with Gasteiger partial charge in [-0.2, -0.15) is 0 Å². The molecule has 0 saturated carbocycles. The van der Waals surface area contributed by atoms with Crippen LogP contribution in [-0.2, 0) is 11.2 Å². The second-order valence-corrected chi connectivity index (χ2v) is 6.99. The van der Waals surface area contributed by atoms with E-state index in [1.807, 2.05) is 42.6 Å². The highest BCUT2D eigenvalue weighted by atomic mass is 16.5. The van der Waals surface area contributed by atoms with Crippen LogP contribution in [0.15, 0.2) is 54.7 Å². The number of carbonyl (C=O) groups is 1. The second-order valence-electron chi connectivity index (χ2n) is 6.99. The van der Waals surface area contributed by atoms with Crippen molar-refractivity contribution < 1.29 is 9.53 Å². The SMILES string of the molecule is CCCCCCNC(=O)Cc1cnc2ccc(OC)cc2c1-c1ccccc1. The highest BCUT2D eigenvalue weighted by molar-refractivity contribution is 5.98. The molecule has 0 bridgehead atoms. The van der Waals surface area contributed by atoms with Crippen LogP contribution in [0.1, 0.15) is 38.2 Å². The van der Waals surface area contributed by atoms with Crippen LogP contribution < -0.4 is 10.1 Å². The van der Waals surface area contributed by atoms with Crippen LogP contribution in [0.25, 0.3) is 22.0 Å². The summed E-state index contributed by atoms with van der Waals surface area (Å²) in [4.78, 5) is 17.1. The molecule has 0 fully saturated rings. The van der Waals surface area contributed by atoms with E-state index >= 15 is 0 Å². The zero-order valence-electron chi connectivity index (χ0n) is 16.7. The molecular weight excluding hydrogens is 348 g/mol. The van der Waals surface area contributed by atoms with Gasteiger partial charge in [0.15, 0.2) is 0 Å². The number of hydrogen-bond donors (Lipinski definition) is 1. The first-order chi connectivity index (χ1) is 13.7. The summed E-state index contributed by atoms with van der Waals surface area (Å²) in [5.74, 6) is 0.821. The van der Waals surface area contributed by atoms with E-state index in [1.54, 1.807) is 7.11 Å². The fourth-order valence-corrected chi connectivity index (χ4v) is 3.43. The first kappa shape index (κ1) is 19.9. The molecule has 3 aromatic rings. The Bertz CT molecular complexity index is 923. The number of hydrogen-bond acceptors (Lipinski definition) is 3. The fourth-order valence-electron chi connectivity index (χ4n) is 3.43. The van der Waals surface area contributed by atoms with Gasteiger partial charge in [-0.15, -0.1) is 0 Å². The lowest BCUT2D eigenvalue weighted by Gasteiger charge is -2.14. The number of nitrogens with zero attached hydrogens (tertiary/aromatic N) is 1. The lowest BCUT2D eigenvalue weighted by atomic mass is 9.94. The van der Waals surface area contributed by atoms with Crippen molar-refractivity contribution in [2.24, 2.45) is 0 Å². The van der Waals surface area contributed by atoms with Gasteiger partial charge < -0.3 is 10.1 Å². The summed E-state index contributed by atoms with van der Waals surface area (Å²) in [7, 11) is 1.66. The molecular formula is C24H28N2O2. The summed E-state index contributed by atoms with van der Waals surface area (Å²) in [6.07, 6.45) is 6.73. The molecule has 146 valence electrons. The van der Waals surface area contributed by atoms with Crippen molar-refractivity contribution in [1.29, 1.82) is 0 Å². The highest BCUT2D eigenvalue weighted by Gasteiger charge is 2.14. The maximum absolute atomic E-state index is 12.5. The molecule has 0 radical (unpaired) electrons. The average molecular weight is 377 g/mol. The molecule has 1 heterocycles. The average Bonchev–Trinajstić information content (AvgIpc) is 2.73. The normalized spacial score (nSPS) is 10.8. The van der Waals surface area contributed by atoms with Gasteiger partial charge in [0, 0.05) is 18.1 Å². The minimum Gasteiger partial charge on any atom is -0.497 e. The van der Waals surface area contributed by atoms with E-state index in [-0.39, 0.29) is 5.91 Å². The summed E-state index contributed by atoms with van der Waals surface area (Å²) in [6.45, 7) is 2.92. The number of methoxy groups -OCH3 is 1. The van der Waals surface area contributed by atoms with E-state index in [2.05, 4.69) is 29.4 Å². The minimum absolute atomic E-state index is 0.0396. The van der Waals surface area contributed by atoms with Crippen molar-refractivity contribution in [3.05, 3.63) is 60.3 Å². The molecule has 0 aliphatic carbocycles. The van der Waals surface area contributed by atoms with Crippen LogP contribution in [-0.4, -0.2) is 24.5 Å². The van der Waals surface area contributed by atoms with Gasteiger partial charge in [0.05, 0.1) is 19.0 Å². The Morgan fingerprint density at radius 1 is 1.07 bits per heavy atom. The Labute approximate surface area is 166 Å². The number of ether oxygens (including phenoxy) is 1. The van der Waals surface area contributed by atoms with Crippen LogP contribution in [0, 0.1) is 0 Å². The lowest BCUT2D eigenvalue weighted by molar-refractivity contribution is -0.120. The summed E-state index contributed by atoms with van der Waals surface area (Å²) in [6, 6.07) is 16.0. The van der Waals surface area contributed by atoms with Crippen molar-refractivity contribution in [3.8, 4) is 16.9 Å². The van der Waals surface area contributed by atoms with Crippen LogP contribution in [0.3, 0.4) is 0 Å². The molecule has 0 atom stereocenters. The largest absolute Gasteiger partial charge is 0.497 e. The number of nitrogens with one attached hydrogen (secondary N) is 1. The monoisotopic (exact) mass is 376 g/mol. The third kappa shape index (κ3) is 4.89. The second kappa shape index (κ2) is 9.88. The van der Waals surface area contributed by atoms with Crippen LogP contribution in [0.2, 0.25) is 0 Å². The summed E-state index contributed by atoms with van der Waals surface area (Å²) >= 11 is 0. The molecule has 0 saturated heterocycles. The Morgan fingerprint density at radius 2 is 1.89 bits per heavy atom. The summed E-state index contributed by atoms with van der Waals surface area (Å²) < 4.78 is 5.41. The topological polar surface area (TPSA) is 51.2 Å². The number of unbranched alkanes of at least 4 members (excludes halogenated alkanes) is 3. The number of pyridine rings is 1. The zero-order chi connectivity index (χ0) is 19.8. The third-order valence-corrected chi connectivity index (χ3v) is 4.92. The zero-order valence-corrected chi connectivity index (χ0v) is 16.7. The van der Waals surface area contributed by atoms with Crippen molar-refractivity contribution in [3.63, 3.8) is 0 Å². The van der Waals surface area contributed by atoms with Gasteiger partial charge in [0.1, 0.15) is 5.75 Å². The van der Waals surface area contributed by atoms with E-state index < -0.39 is 0 Å². The molecule has 0 unspecified atom stereocenters. The number of carbonyl (C=O) groups excluding carboxylic acids is 1. The molecule has 1 N–H and O–H groups in total. The van der Waals surface area contributed by atoms with E-state index in [4.69, 9.17) is 4.74 Å². The number of rotatable bonds is 9. The highest BCUT2D eigenvalue weighted by Crippen LogP contribution is 2.33. The quantitative estimate of drug-likeness (QED) is 0.526. The molecule has 0 aliphatic rings. The first-order valence-corrected chi connectivity index (χ1v) is 10.0. The Balaban J connectivity index is 1.90. The van der Waals surface area contributed by atoms with Gasteiger partial charge in [-0.05, 0) is 41.3 Å². The van der Waals surface area contributed by atoms with Gasteiger partial charge in [-0.3, -0.25) is 9.78 Å². The van der Waals surface area contributed by atoms with Crippen molar-refractivity contribution >= 4 is 16.8 Å². The number of aromatic nitrogens is 1. The first-order valence-electron chi connectivity index (χ1n) is 10.0. The van der Waals surface area contributed by atoms with Gasteiger partial charge >= 0.3 is 0 Å².